The van der Waals surface area contributed by atoms with Crippen molar-refractivity contribution < 1.29 is 31.5 Å². The highest BCUT2D eigenvalue weighted by atomic mass is 32.2. The van der Waals surface area contributed by atoms with E-state index in [-0.39, 0.29) is 29.2 Å². The molecule has 0 aliphatic carbocycles. The number of hydrogen-bond donors (Lipinski definition) is 1. The van der Waals surface area contributed by atoms with Crippen molar-refractivity contribution in [2.24, 2.45) is 0 Å². The van der Waals surface area contributed by atoms with E-state index < -0.39 is 40.1 Å². The first-order valence-electron chi connectivity index (χ1n) is 9.13. The lowest BCUT2D eigenvalue weighted by Gasteiger charge is -2.20. The van der Waals surface area contributed by atoms with Gasteiger partial charge in [-0.15, -0.1) is 0 Å². The first-order valence-corrected chi connectivity index (χ1v) is 10.6. The molecule has 30 heavy (non-hydrogen) atoms. The molecule has 0 aliphatic heterocycles. The topological polar surface area (TPSA) is 92.8 Å². The van der Waals surface area contributed by atoms with E-state index in [4.69, 9.17) is 4.74 Å². The van der Waals surface area contributed by atoms with Crippen LogP contribution in [0.15, 0.2) is 41.3 Å². The van der Waals surface area contributed by atoms with Crippen molar-refractivity contribution in [2.75, 3.05) is 25.0 Å². The Balaban J connectivity index is 2.12. The van der Waals surface area contributed by atoms with E-state index in [0.29, 0.717) is 5.56 Å². The highest BCUT2D eigenvalue weighted by molar-refractivity contribution is 7.89. The van der Waals surface area contributed by atoms with Gasteiger partial charge in [-0.1, -0.05) is 19.9 Å². The normalized spacial score (nSPS) is 11.4. The van der Waals surface area contributed by atoms with Gasteiger partial charge in [-0.25, -0.2) is 22.0 Å². The molecule has 0 atom stereocenters. The molecule has 7 nitrogen and oxygen atoms in total. The third kappa shape index (κ3) is 5.39. The lowest BCUT2D eigenvalue weighted by Crippen LogP contribution is -2.31. The molecule has 0 fully saturated rings. The van der Waals surface area contributed by atoms with Crippen LogP contribution in [0.3, 0.4) is 0 Å². The van der Waals surface area contributed by atoms with Crippen LogP contribution in [0.5, 0.6) is 0 Å². The predicted octanol–water partition coefficient (Wildman–Crippen LogP) is 3.10. The summed E-state index contributed by atoms with van der Waals surface area (Å²) in [5.41, 5.74) is 0.00725. The molecule has 2 rings (SSSR count). The number of amides is 1. The van der Waals surface area contributed by atoms with E-state index >= 15 is 0 Å². The van der Waals surface area contributed by atoms with Crippen LogP contribution in [0.2, 0.25) is 0 Å². The zero-order valence-electron chi connectivity index (χ0n) is 16.7. The average Bonchev–Trinajstić information content (AvgIpc) is 2.69. The molecule has 2 aromatic carbocycles. The van der Waals surface area contributed by atoms with Crippen LogP contribution in [0.4, 0.5) is 14.5 Å². The van der Waals surface area contributed by atoms with Crippen LogP contribution in [0.25, 0.3) is 0 Å². The Morgan fingerprint density at radius 1 is 1.07 bits per heavy atom. The second kappa shape index (κ2) is 9.77. The summed E-state index contributed by atoms with van der Waals surface area (Å²) in [4.78, 5) is 24.1. The summed E-state index contributed by atoms with van der Waals surface area (Å²) in [5.74, 6) is -3.40. The van der Waals surface area contributed by atoms with Crippen LogP contribution in [-0.2, 0) is 19.6 Å². The van der Waals surface area contributed by atoms with Crippen LogP contribution < -0.4 is 5.32 Å². The van der Waals surface area contributed by atoms with Gasteiger partial charge >= 0.3 is 5.97 Å². The van der Waals surface area contributed by atoms with Crippen LogP contribution in [0, 0.1) is 18.6 Å². The zero-order valence-corrected chi connectivity index (χ0v) is 17.6. The van der Waals surface area contributed by atoms with Gasteiger partial charge in [-0.2, -0.15) is 4.31 Å². The molecule has 0 radical (unpaired) electrons. The monoisotopic (exact) mass is 440 g/mol. The van der Waals surface area contributed by atoms with E-state index in [1.807, 2.05) is 0 Å². The predicted molar refractivity (Wildman–Crippen MR) is 107 cm³/mol. The molecule has 0 heterocycles. The molecule has 0 saturated heterocycles. The minimum atomic E-state index is -3.80. The number of halogens is 2. The molecule has 0 bridgehead atoms. The molecule has 0 unspecified atom stereocenters. The average molecular weight is 440 g/mol. The van der Waals surface area contributed by atoms with Crippen LogP contribution in [0.1, 0.15) is 29.8 Å². The summed E-state index contributed by atoms with van der Waals surface area (Å²) in [6.45, 7) is 4.78. The summed E-state index contributed by atoms with van der Waals surface area (Å²) < 4.78 is 58.4. The summed E-state index contributed by atoms with van der Waals surface area (Å²) in [6, 6.07) is 6.57. The summed E-state index contributed by atoms with van der Waals surface area (Å²) >= 11 is 0. The van der Waals surface area contributed by atoms with E-state index in [9.17, 15) is 26.8 Å². The molecule has 0 aliphatic rings. The Labute approximate surface area is 173 Å². The van der Waals surface area contributed by atoms with Crippen LogP contribution in [-0.4, -0.2) is 44.3 Å². The van der Waals surface area contributed by atoms with Crippen molar-refractivity contribution in [3.05, 3.63) is 59.2 Å². The molecule has 0 spiro atoms. The Kier molecular flexibility index (Phi) is 7.63. The third-order valence-electron chi connectivity index (χ3n) is 4.28. The lowest BCUT2D eigenvalue weighted by atomic mass is 10.1. The van der Waals surface area contributed by atoms with Crippen molar-refractivity contribution in [3.8, 4) is 0 Å². The maximum absolute atomic E-state index is 13.6. The number of carbonyl (C=O) groups excluding carboxylic acids is 2. The number of carbonyl (C=O) groups is 2. The van der Waals surface area contributed by atoms with Gasteiger partial charge in [0.05, 0.1) is 16.1 Å². The van der Waals surface area contributed by atoms with E-state index in [1.54, 1.807) is 20.8 Å². The standard InChI is InChI=1S/C20H22F2N2O5S/c1-4-24(5-2)30(27,28)18-10-14(7-6-13(18)3)20(26)29-12-19(25)23-17-11-15(21)8-9-16(17)22/h6-11H,4-5,12H2,1-3H3,(H,23,25). The Morgan fingerprint density at radius 2 is 1.73 bits per heavy atom. The first kappa shape index (κ1) is 23.4. The number of benzene rings is 2. The highest BCUT2D eigenvalue weighted by Crippen LogP contribution is 2.22. The number of hydrogen-bond acceptors (Lipinski definition) is 5. The molecule has 162 valence electrons. The fraction of sp³-hybridized carbons (Fsp3) is 0.300. The maximum atomic E-state index is 13.6. The smallest absolute Gasteiger partial charge is 0.338 e. The fourth-order valence-corrected chi connectivity index (χ4v) is 4.41. The number of ether oxygens (including phenoxy) is 1. The first-order chi connectivity index (χ1) is 14.1. The van der Waals surface area contributed by atoms with E-state index in [2.05, 4.69) is 5.32 Å². The molecule has 1 amide bonds. The summed E-state index contributed by atoms with van der Waals surface area (Å²) in [7, 11) is -3.80. The second-order valence-electron chi connectivity index (χ2n) is 6.32. The molecule has 0 saturated carbocycles. The fourth-order valence-electron chi connectivity index (χ4n) is 2.70. The largest absolute Gasteiger partial charge is 0.452 e. The third-order valence-corrected chi connectivity index (χ3v) is 6.48. The van der Waals surface area contributed by atoms with Gasteiger partial charge in [-0.05, 0) is 36.8 Å². The number of anilines is 1. The van der Waals surface area contributed by atoms with Crippen LogP contribution >= 0.6 is 0 Å². The van der Waals surface area contributed by atoms with Gasteiger partial charge in [0.15, 0.2) is 6.61 Å². The minimum absolute atomic E-state index is 0.0352. The minimum Gasteiger partial charge on any atom is -0.452 e. The van der Waals surface area contributed by atoms with Crippen molar-refractivity contribution >= 4 is 27.6 Å². The summed E-state index contributed by atoms with van der Waals surface area (Å²) in [6.07, 6.45) is 0. The number of nitrogens with zero attached hydrogens (tertiary/aromatic N) is 1. The number of rotatable bonds is 8. The van der Waals surface area contributed by atoms with Crippen molar-refractivity contribution in [2.45, 2.75) is 25.7 Å². The van der Waals surface area contributed by atoms with Gasteiger partial charge in [0.2, 0.25) is 10.0 Å². The number of nitrogens with one attached hydrogen (secondary N) is 1. The van der Waals surface area contributed by atoms with Crippen molar-refractivity contribution in [1.82, 2.24) is 4.31 Å². The van der Waals surface area contributed by atoms with Crippen molar-refractivity contribution in [1.29, 1.82) is 0 Å². The van der Waals surface area contributed by atoms with E-state index in [1.165, 1.54) is 22.5 Å². The zero-order chi connectivity index (χ0) is 22.5. The Morgan fingerprint density at radius 3 is 2.37 bits per heavy atom. The Bertz CT molecular complexity index is 1050. The molecule has 10 heteroatoms. The Hall–Kier alpha value is -2.85. The van der Waals surface area contributed by atoms with Gasteiger partial charge in [0.25, 0.3) is 5.91 Å². The molecule has 1 N–H and O–H groups in total. The molecular formula is C20H22F2N2O5S. The number of sulfonamides is 1. The van der Waals surface area contributed by atoms with Crippen molar-refractivity contribution in [3.63, 3.8) is 0 Å². The SMILES string of the molecule is CCN(CC)S(=O)(=O)c1cc(C(=O)OCC(=O)Nc2cc(F)ccc2F)ccc1C. The number of aryl methyl sites for hydroxylation is 1. The molecule has 0 aromatic heterocycles. The maximum Gasteiger partial charge on any atom is 0.338 e. The second-order valence-corrected chi connectivity index (χ2v) is 8.22. The summed E-state index contributed by atoms with van der Waals surface area (Å²) in [5, 5.41) is 2.10. The highest BCUT2D eigenvalue weighted by Gasteiger charge is 2.25. The van der Waals surface area contributed by atoms with E-state index in [0.717, 1.165) is 18.2 Å². The van der Waals surface area contributed by atoms with Gasteiger partial charge in [0, 0.05) is 19.2 Å². The van der Waals surface area contributed by atoms with Gasteiger partial charge < -0.3 is 10.1 Å². The molecular weight excluding hydrogens is 418 g/mol. The lowest BCUT2D eigenvalue weighted by molar-refractivity contribution is -0.119. The molecule has 2 aromatic rings. The quantitative estimate of drug-likeness (QED) is 0.637. The van der Waals surface area contributed by atoms with Gasteiger partial charge in [0.1, 0.15) is 11.6 Å². The number of esters is 1. The van der Waals surface area contributed by atoms with Gasteiger partial charge in [-0.3, -0.25) is 4.79 Å².